The number of nitrogens with zero attached hydrogens (tertiary/aromatic N) is 3. The van der Waals surface area contributed by atoms with Crippen LogP contribution in [0.3, 0.4) is 0 Å². The number of aromatic hydroxyl groups is 1. The maximum absolute atomic E-state index is 12.6. The Morgan fingerprint density at radius 1 is 1.14 bits per heavy atom. The van der Waals surface area contributed by atoms with E-state index in [2.05, 4.69) is 15.9 Å². The minimum Gasteiger partial charge on any atom is -0.501 e. The van der Waals surface area contributed by atoms with Crippen molar-refractivity contribution >= 4 is 56.3 Å². The van der Waals surface area contributed by atoms with Gasteiger partial charge in [0, 0.05) is 18.2 Å². The number of imide groups is 1. The van der Waals surface area contributed by atoms with Gasteiger partial charge in [-0.1, -0.05) is 12.1 Å². The molecule has 1 aliphatic heterocycles. The Labute approximate surface area is 175 Å². The SMILES string of the molecule is O=C1S/C(=C\c2cc(Br)c(O)c([N+](=O)[O-])c2)C(=O)N1Cc1cccc([N+](=O)[O-])c1. The number of rotatable bonds is 5. The lowest BCUT2D eigenvalue weighted by atomic mass is 10.1. The Bertz CT molecular complexity index is 1100. The summed E-state index contributed by atoms with van der Waals surface area (Å²) in [5.41, 5.74) is -0.0688. The first-order valence-electron chi connectivity index (χ1n) is 7.83. The molecular weight excluding hydrogens is 470 g/mol. The minimum atomic E-state index is -0.772. The smallest absolute Gasteiger partial charge is 0.312 e. The van der Waals surface area contributed by atoms with Gasteiger partial charge in [-0.05, 0) is 51.0 Å². The molecule has 10 nitrogen and oxygen atoms in total. The standard InChI is InChI=1S/C17H10BrN3O7S/c18-12-5-10(6-13(15(12)22)21(27)28)7-14-16(23)19(17(24)29-14)8-9-2-1-3-11(4-9)20(25)26/h1-7,22H,8H2/b14-7-. The van der Waals surface area contributed by atoms with Crippen molar-refractivity contribution in [2.45, 2.75) is 6.54 Å². The van der Waals surface area contributed by atoms with Crippen molar-refractivity contribution in [2.75, 3.05) is 0 Å². The number of hydrogen-bond acceptors (Lipinski definition) is 8. The minimum absolute atomic E-state index is 0.0346. The highest BCUT2D eigenvalue weighted by Gasteiger charge is 2.35. The van der Waals surface area contributed by atoms with E-state index in [1.807, 2.05) is 0 Å². The van der Waals surface area contributed by atoms with Crippen LogP contribution in [0.15, 0.2) is 45.8 Å². The summed E-state index contributed by atoms with van der Waals surface area (Å²) in [6.45, 7) is -0.150. The van der Waals surface area contributed by atoms with Crippen molar-refractivity contribution in [3.63, 3.8) is 0 Å². The molecule has 2 amide bonds. The molecule has 0 bridgehead atoms. The van der Waals surface area contributed by atoms with E-state index in [4.69, 9.17) is 0 Å². The van der Waals surface area contributed by atoms with E-state index >= 15 is 0 Å². The Morgan fingerprint density at radius 2 is 1.86 bits per heavy atom. The molecule has 2 aromatic carbocycles. The highest BCUT2D eigenvalue weighted by atomic mass is 79.9. The summed E-state index contributed by atoms with van der Waals surface area (Å²) < 4.78 is 0.0637. The first-order chi connectivity index (χ1) is 13.7. The van der Waals surface area contributed by atoms with Gasteiger partial charge in [-0.2, -0.15) is 0 Å². The van der Waals surface area contributed by atoms with Crippen molar-refractivity contribution in [1.82, 2.24) is 4.90 Å². The monoisotopic (exact) mass is 479 g/mol. The molecule has 1 N–H and O–H groups in total. The second-order valence-electron chi connectivity index (χ2n) is 5.82. The van der Waals surface area contributed by atoms with E-state index in [1.165, 1.54) is 30.3 Å². The van der Waals surface area contributed by atoms with E-state index < -0.39 is 32.4 Å². The van der Waals surface area contributed by atoms with Gasteiger partial charge >= 0.3 is 5.69 Å². The molecule has 1 saturated heterocycles. The Morgan fingerprint density at radius 3 is 2.52 bits per heavy atom. The summed E-state index contributed by atoms with van der Waals surface area (Å²) >= 11 is 3.66. The molecule has 0 atom stereocenters. The third-order valence-electron chi connectivity index (χ3n) is 3.90. The molecule has 3 rings (SSSR count). The third kappa shape index (κ3) is 4.27. The predicted molar refractivity (Wildman–Crippen MR) is 107 cm³/mol. The number of halogens is 1. The normalized spacial score (nSPS) is 15.2. The maximum Gasteiger partial charge on any atom is 0.312 e. The fourth-order valence-electron chi connectivity index (χ4n) is 2.57. The number of amides is 2. The molecule has 1 heterocycles. The van der Waals surface area contributed by atoms with Crippen LogP contribution in [0.5, 0.6) is 5.75 Å². The molecule has 1 aliphatic rings. The van der Waals surface area contributed by atoms with Gasteiger partial charge in [0.25, 0.3) is 16.8 Å². The summed E-state index contributed by atoms with van der Waals surface area (Å²) in [5, 5.41) is 31.1. The van der Waals surface area contributed by atoms with Crippen molar-refractivity contribution < 1.29 is 24.5 Å². The molecule has 0 spiro atoms. The Hall–Kier alpha value is -3.25. The van der Waals surface area contributed by atoms with Crippen LogP contribution in [-0.2, 0) is 11.3 Å². The van der Waals surface area contributed by atoms with Crippen LogP contribution in [0.1, 0.15) is 11.1 Å². The van der Waals surface area contributed by atoms with E-state index in [0.29, 0.717) is 17.3 Å². The van der Waals surface area contributed by atoms with Gasteiger partial charge in [0.2, 0.25) is 5.75 Å². The quantitative estimate of drug-likeness (QED) is 0.381. The third-order valence-corrected chi connectivity index (χ3v) is 5.41. The van der Waals surface area contributed by atoms with Crippen molar-refractivity contribution in [3.05, 3.63) is 77.1 Å². The zero-order valence-corrected chi connectivity index (χ0v) is 16.7. The molecule has 1 fully saturated rings. The highest BCUT2D eigenvalue weighted by Crippen LogP contribution is 2.38. The van der Waals surface area contributed by atoms with Gasteiger partial charge in [0.1, 0.15) is 0 Å². The zero-order valence-electron chi connectivity index (χ0n) is 14.3. The molecule has 29 heavy (non-hydrogen) atoms. The lowest BCUT2D eigenvalue weighted by Crippen LogP contribution is -2.27. The Kier molecular flexibility index (Phi) is 5.66. The number of carbonyl (C=O) groups excluding carboxylic acids is 2. The van der Waals surface area contributed by atoms with E-state index in [-0.39, 0.29) is 27.2 Å². The largest absolute Gasteiger partial charge is 0.501 e. The lowest BCUT2D eigenvalue weighted by Gasteiger charge is -2.12. The van der Waals surface area contributed by atoms with Crippen LogP contribution in [0, 0.1) is 20.2 Å². The fraction of sp³-hybridized carbons (Fsp3) is 0.0588. The zero-order chi connectivity index (χ0) is 21.3. The number of non-ortho nitro benzene ring substituents is 1. The van der Waals surface area contributed by atoms with Gasteiger partial charge < -0.3 is 5.11 Å². The van der Waals surface area contributed by atoms with Gasteiger partial charge in [0.05, 0.1) is 25.8 Å². The van der Waals surface area contributed by atoms with E-state index in [1.54, 1.807) is 6.07 Å². The predicted octanol–water partition coefficient (Wildman–Crippen LogP) is 4.21. The number of carbonyl (C=O) groups is 2. The molecule has 0 radical (unpaired) electrons. The van der Waals surface area contributed by atoms with Crippen molar-refractivity contribution in [2.24, 2.45) is 0 Å². The first-order valence-corrected chi connectivity index (χ1v) is 9.44. The lowest BCUT2D eigenvalue weighted by molar-refractivity contribution is -0.386. The average molecular weight is 480 g/mol. The molecule has 148 valence electrons. The van der Waals surface area contributed by atoms with Crippen LogP contribution in [0.4, 0.5) is 16.2 Å². The van der Waals surface area contributed by atoms with E-state index in [9.17, 15) is 34.9 Å². The van der Waals surface area contributed by atoms with Crippen molar-refractivity contribution in [1.29, 1.82) is 0 Å². The summed E-state index contributed by atoms with van der Waals surface area (Å²) in [6, 6.07) is 8.03. The second kappa shape index (κ2) is 8.01. The fourth-order valence-corrected chi connectivity index (χ4v) is 3.87. The number of phenolic OH excluding ortho intramolecular Hbond substituents is 1. The number of nitro groups is 2. The van der Waals surface area contributed by atoms with Gasteiger partial charge in [0.15, 0.2) is 0 Å². The average Bonchev–Trinajstić information content (AvgIpc) is 2.92. The second-order valence-corrected chi connectivity index (χ2v) is 7.67. The number of nitro benzene ring substituents is 2. The van der Waals surface area contributed by atoms with Crippen LogP contribution < -0.4 is 0 Å². The van der Waals surface area contributed by atoms with Crippen LogP contribution >= 0.6 is 27.7 Å². The van der Waals surface area contributed by atoms with Crippen molar-refractivity contribution in [3.8, 4) is 5.75 Å². The van der Waals surface area contributed by atoms with E-state index in [0.717, 1.165) is 11.0 Å². The molecule has 0 unspecified atom stereocenters. The van der Waals surface area contributed by atoms with Crippen LogP contribution in [-0.4, -0.2) is 31.0 Å². The summed E-state index contributed by atoms with van der Waals surface area (Å²) in [7, 11) is 0. The highest BCUT2D eigenvalue weighted by molar-refractivity contribution is 9.10. The summed E-state index contributed by atoms with van der Waals surface area (Å²) in [4.78, 5) is 46.4. The summed E-state index contributed by atoms with van der Waals surface area (Å²) in [5.74, 6) is -1.18. The van der Waals surface area contributed by atoms with Crippen LogP contribution in [0.2, 0.25) is 0 Å². The first kappa shape index (κ1) is 20.5. The number of phenols is 1. The van der Waals surface area contributed by atoms with Gasteiger partial charge in [-0.3, -0.25) is 34.7 Å². The number of hydrogen-bond donors (Lipinski definition) is 1. The molecule has 12 heteroatoms. The Balaban J connectivity index is 1.88. The van der Waals surface area contributed by atoms with Gasteiger partial charge in [-0.15, -0.1) is 0 Å². The number of thioether (sulfide) groups is 1. The maximum atomic E-state index is 12.6. The van der Waals surface area contributed by atoms with Crippen LogP contribution in [0.25, 0.3) is 6.08 Å². The molecule has 0 aromatic heterocycles. The number of benzene rings is 2. The van der Waals surface area contributed by atoms with Gasteiger partial charge in [-0.25, -0.2) is 0 Å². The molecule has 0 aliphatic carbocycles. The molecule has 2 aromatic rings. The topological polar surface area (TPSA) is 144 Å². The molecular formula is C17H10BrN3O7S. The molecule has 0 saturated carbocycles. The summed E-state index contributed by atoms with van der Waals surface area (Å²) in [6.07, 6.45) is 1.30.